The van der Waals surface area contributed by atoms with Crippen LogP contribution in [0.2, 0.25) is 0 Å². The van der Waals surface area contributed by atoms with Crippen LogP contribution in [0.15, 0.2) is 10.7 Å². The summed E-state index contributed by atoms with van der Waals surface area (Å²) in [6.07, 6.45) is 3.64. The highest BCUT2D eigenvalue weighted by Crippen LogP contribution is 2.03. The molecule has 0 saturated heterocycles. The van der Waals surface area contributed by atoms with Crippen molar-refractivity contribution in [1.82, 2.24) is 10.1 Å². The van der Waals surface area contributed by atoms with Crippen molar-refractivity contribution in [2.45, 2.75) is 0 Å². The molecule has 0 fully saturated rings. The molecular weight excluding hydrogens is 156 g/mol. The van der Waals surface area contributed by atoms with Gasteiger partial charge in [-0.25, -0.2) is 0 Å². The largest absolute Gasteiger partial charge is 0.291 e. The average Bonchev–Trinajstić information content (AvgIpc) is 1.87. The quantitative estimate of drug-likeness (QED) is 0.505. The van der Waals surface area contributed by atoms with Crippen molar-refractivity contribution >= 4 is 22.1 Å². The van der Waals surface area contributed by atoms with E-state index in [0.29, 0.717) is 0 Å². The molecule has 37 valence electrons. The zero-order valence-corrected chi connectivity index (χ0v) is 5.51. The van der Waals surface area contributed by atoms with Crippen LogP contribution in [0.3, 0.4) is 0 Å². The highest BCUT2D eigenvalue weighted by molar-refractivity contribution is 9.12. The Morgan fingerprint density at radius 1 is 1.86 bits per heavy atom. The second-order valence-corrected chi connectivity index (χ2v) is 2.25. The Morgan fingerprint density at radius 2 is 2.57 bits per heavy atom. The van der Waals surface area contributed by atoms with E-state index >= 15 is 0 Å². The van der Waals surface area contributed by atoms with Crippen molar-refractivity contribution in [3.8, 4) is 0 Å². The predicted molar refractivity (Wildman–Crippen MR) is 33.0 cm³/mol. The van der Waals surface area contributed by atoms with Crippen LogP contribution in [0.1, 0.15) is 0 Å². The Labute approximate surface area is 50.6 Å². The van der Waals surface area contributed by atoms with Crippen molar-refractivity contribution < 1.29 is 0 Å². The zero-order chi connectivity index (χ0) is 5.28. The first-order valence-electron chi connectivity index (χ1n) is 1.93. The molecule has 1 radical (unpaired) electrons. The summed E-state index contributed by atoms with van der Waals surface area (Å²) < 4.78 is 1.02. The van der Waals surface area contributed by atoms with Crippen LogP contribution in [-0.2, 0) is 0 Å². The number of hydrogen-bond donors (Lipinski definition) is 0. The maximum Gasteiger partial charge on any atom is 0.291 e. The Morgan fingerprint density at radius 3 is 2.71 bits per heavy atom. The maximum absolute atomic E-state index is 3.89. The molecule has 0 atom stereocenters. The molecule has 1 aliphatic rings. The molecular formula is C4H5BrN2+. The summed E-state index contributed by atoms with van der Waals surface area (Å²) >= 11 is 3.25. The molecule has 0 saturated carbocycles. The van der Waals surface area contributed by atoms with Gasteiger partial charge in [0, 0.05) is 0 Å². The summed E-state index contributed by atoms with van der Waals surface area (Å²) in [5, 5.41) is 5.63. The molecule has 3 heteroatoms. The van der Waals surface area contributed by atoms with Gasteiger partial charge in [0.2, 0.25) is 0 Å². The second-order valence-electron chi connectivity index (χ2n) is 1.33. The van der Waals surface area contributed by atoms with Crippen LogP contribution in [0.5, 0.6) is 0 Å². The number of allylic oxidation sites excluding steroid dienone is 1. The fourth-order valence-electron chi connectivity index (χ4n) is 0.391. The van der Waals surface area contributed by atoms with E-state index in [-0.39, 0.29) is 0 Å². The highest BCUT2D eigenvalue weighted by Gasteiger charge is 2.09. The molecule has 0 aromatic rings. The number of halogens is 1. The SMILES string of the molecule is CN1C=C(Br)C=[N+]1. The smallest absolute Gasteiger partial charge is 0.0981 e. The third-order valence-electron chi connectivity index (χ3n) is 0.673. The first-order valence-corrected chi connectivity index (χ1v) is 2.72. The fraction of sp³-hybridized carbons (Fsp3) is 0.250. The Kier molecular flexibility index (Phi) is 1.15. The summed E-state index contributed by atoms with van der Waals surface area (Å²) in [5.74, 6) is 0. The van der Waals surface area contributed by atoms with Gasteiger partial charge in [-0.15, -0.1) is 0 Å². The Balaban J connectivity index is 2.69. The summed E-state index contributed by atoms with van der Waals surface area (Å²) in [7, 11) is 1.88. The highest BCUT2D eigenvalue weighted by atomic mass is 79.9. The van der Waals surface area contributed by atoms with E-state index < -0.39 is 0 Å². The monoisotopic (exact) mass is 160 g/mol. The van der Waals surface area contributed by atoms with Gasteiger partial charge in [0.05, 0.1) is 13.2 Å². The molecule has 0 amide bonds. The van der Waals surface area contributed by atoms with Crippen LogP contribution in [0.4, 0.5) is 0 Å². The summed E-state index contributed by atoms with van der Waals surface area (Å²) in [6, 6.07) is 0. The second kappa shape index (κ2) is 1.66. The van der Waals surface area contributed by atoms with Crippen LogP contribution in [0.25, 0.3) is 0 Å². The van der Waals surface area contributed by atoms with Crippen molar-refractivity contribution in [3.05, 3.63) is 10.7 Å². The van der Waals surface area contributed by atoms with Gasteiger partial charge in [-0.2, -0.15) is 0 Å². The van der Waals surface area contributed by atoms with E-state index in [0.717, 1.165) is 4.48 Å². The van der Waals surface area contributed by atoms with E-state index in [2.05, 4.69) is 21.0 Å². The van der Waals surface area contributed by atoms with E-state index in [1.165, 1.54) is 0 Å². The molecule has 2 nitrogen and oxygen atoms in total. The molecule has 7 heavy (non-hydrogen) atoms. The molecule has 0 aliphatic carbocycles. The molecule has 0 N–H and O–H groups in total. The Hall–Kier alpha value is -0.310. The normalized spacial score (nSPS) is 18.0. The van der Waals surface area contributed by atoms with Crippen molar-refractivity contribution in [2.75, 3.05) is 7.05 Å². The summed E-state index contributed by atoms with van der Waals surface area (Å²) in [6.45, 7) is 0. The third kappa shape index (κ3) is 1.03. The summed E-state index contributed by atoms with van der Waals surface area (Å²) in [4.78, 5) is 0. The Bertz CT molecular complexity index is 128. The van der Waals surface area contributed by atoms with Gasteiger partial charge in [-0.1, -0.05) is 5.01 Å². The van der Waals surface area contributed by atoms with Crippen LogP contribution >= 0.6 is 15.9 Å². The molecule has 1 aliphatic heterocycles. The molecule has 0 spiro atoms. The van der Waals surface area contributed by atoms with Crippen molar-refractivity contribution in [3.63, 3.8) is 0 Å². The number of nitrogens with zero attached hydrogens (tertiary/aromatic N) is 2. The van der Waals surface area contributed by atoms with Gasteiger partial charge < -0.3 is 0 Å². The van der Waals surface area contributed by atoms with Crippen LogP contribution < -0.4 is 5.10 Å². The average molecular weight is 161 g/mol. The lowest BCUT2D eigenvalue weighted by molar-refractivity contribution is 0.443. The van der Waals surface area contributed by atoms with E-state index in [9.17, 15) is 0 Å². The fourth-order valence-corrected chi connectivity index (χ4v) is 0.779. The zero-order valence-electron chi connectivity index (χ0n) is 3.93. The van der Waals surface area contributed by atoms with Gasteiger partial charge in [0.1, 0.15) is 4.48 Å². The molecule has 0 aromatic heterocycles. The minimum Gasteiger partial charge on any atom is -0.0981 e. The molecule has 1 heterocycles. The van der Waals surface area contributed by atoms with Gasteiger partial charge in [-0.05, 0) is 15.9 Å². The number of hydrogen-bond acceptors (Lipinski definition) is 2. The standard InChI is InChI=1S/C4H5BrN2/c1-7-3-4(5)2-6-7/h2-3H,1H3/q+1. The lowest BCUT2D eigenvalue weighted by Gasteiger charge is -1.80. The third-order valence-corrected chi connectivity index (χ3v) is 1.08. The van der Waals surface area contributed by atoms with Crippen LogP contribution in [-0.4, -0.2) is 18.3 Å². The minimum atomic E-state index is 1.02. The first-order chi connectivity index (χ1) is 3.29. The lowest BCUT2D eigenvalue weighted by atomic mass is 10.7. The molecule has 0 bridgehead atoms. The van der Waals surface area contributed by atoms with Crippen molar-refractivity contribution in [1.29, 1.82) is 0 Å². The number of rotatable bonds is 0. The van der Waals surface area contributed by atoms with Crippen molar-refractivity contribution in [2.24, 2.45) is 0 Å². The topological polar surface area (TPSA) is 17.3 Å². The van der Waals surface area contributed by atoms with E-state index in [1.807, 2.05) is 13.2 Å². The van der Waals surface area contributed by atoms with Gasteiger partial charge in [0.25, 0.3) is 6.21 Å². The van der Waals surface area contributed by atoms with Gasteiger partial charge in [0.15, 0.2) is 5.10 Å². The molecule has 0 unspecified atom stereocenters. The first kappa shape index (κ1) is 4.84. The number of hydrazone groups is 1. The van der Waals surface area contributed by atoms with Gasteiger partial charge in [-0.3, -0.25) is 0 Å². The summed E-state index contributed by atoms with van der Waals surface area (Å²) in [5.41, 5.74) is 0. The van der Waals surface area contributed by atoms with E-state index in [1.54, 1.807) is 11.2 Å². The van der Waals surface area contributed by atoms with Crippen LogP contribution in [0, 0.1) is 0 Å². The predicted octanol–water partition coefficient (Wildman–Crippen LogP) is 0.490. The van der Waals surface area contributed by atoms with Gasteiger partial charge >= 0.3 is 0 Å². The lowest BCUT2D eigenvalue weighted by Crippen LogP contribution is -2.07. The minimum absolute atomic E-state index is 1.02. The maximum atomic E-state index is 3.89. The molecule has 0 aromatic carbocycles. The van der Waals surface area contributed by atoms with E-state index in [4.69, 9.17) is 0 Å². The molecule has 1 rings (SSSR count).